The maximum atomic E-state index is 11.9. The molecule has 5 nitrogen and oxygen atoms in total. The van der Waals surface area contributed by atoms with E-state index in [9.17, 15) is 9.59 Å². The molecule has 1 fully saturated rings. The van der Waals surface area contributed by atoms with Crippen LogP contribution in [0.3, 0.4) is 0 Å². The van der Waals surface area contributed by atoms with Crippen LogP contribution in [0.15, 0.2) is 24.3 Å². The van der Waals surface area contributed by atoms with E-state index in [-0.39, 0.29) is 17.8 Å². The zero-order valence-electron chi connectivity index (χ0n) is 11.3. The summed E-state index contributed by atoms with van der Waals surface area (Å²) in [6.45, 7) is 1.55. The van der Waals surface area contributed by atoms with E-state index in [0.29, 0.717) is 11.3 Å². The quantitative estimate of drug-likeness (QED) is 0.852. The van der Waals surface area contributed by atoms with Gasteiger partial charge in [-0.25, -0.2) is 0 Å². The van der Waals surface area contributed by atoms with Gasteiger partial charge < -0.3 is 10.1 Å². The first-order chi connectivity index (χ1) is 9.60. The predicted octanol–water partition coefficient (Wildman–Crippen LogP) is 2.23. The number of esters is 1. The van der Waals surface area contributed by atoms with Gasteiger partial charge >= 0.3 is 5.97 Å². The van der Waals surface area contributed by atoms with Gasteiger partial charge in [0.2, 0.25) is 0 Å². The third kappa shape index (κ3) is 3.35. The molecular weight excluding hydrogens is 256 g/mol. The largest absolute Gasteiger partial charge is 0.452 e. The number of benzene rings is 1. The lowest BCUT2D eigenvalue weighted by atomic mass is 9.86. The first-order valence-electron chi connectivity index (χ1n) is 6.61. The summed E-state index contributed by atoms with van der Waals surface area (Å²) < 4.78 is 5.13. The number of carbonyl (C=O) groups excluding carboxylic acids is 2. The van der Waals surface area contributed by atoms with Crippen LogP contribution in [0.25, 0.3) is 0 Å². The van der Waals surface area contributed by atoms with Crippen molar-refractivity contribution in [2.75, 3.05) is 5.32 Å². The highest BCUT2D eigenvalue weighted by atomic mass is 16.5. The molecule has 2 rings (SSSR count). The Labute approximate surface area is 117 Å². The molecule has 0 saturated heterocycles. The lowest BCUT2D eigenvalue weighted by Crippen LogP contribution is -2.34. The van der Waals surface area contributed by atoms with Gasteiger partial charge in [0.1, 0.15) is 0 Å². The molecule has 1 amide bonds. The van der Waals surface area contributed by atoms with Crippen molar-refractivity contribution in [3.8, 4) is 6.07 Å². The standard InChI is InChI=1S/C15H16N2O3/c1-10(20-15(19)12-3-2-4-12)14(18)17-13-7-5-11(9-16)6-8-13/h5-8,10,12H,2-4H2,1H3,(H,17,18). The molecular formula is C15H16N2O3. The van der Waals surface area contributed by atoms with Crippen LogP contribution in [-0.2, 0) is 14.3 Å². The lowest BCUT2D eigenvalue weighted by Gasteiger charge is -2.24. The number of rotatable bonds is 4. The van der Waals surface area contributed by atoms with Crippen molar-refractivity contribution in [1.29, 1.82) is 5.26 Å². The number of amides is 1. The van der Waals surface area contributed by atoms with Crippen LogP contribution in [0.2, 0.25) is 0 Å². The topological polar surface area (TPSA) is 79.2 Å². The summed E-state index contributed by atoms with van der Waals surface area (Å²) in [7, 11) is 0. The Morgan fingerprint density at radius 2 is 2.00 bits per heavy atom. The molecule has 1 N–H and O–H groups in total. The normalized spacial score (nSPS) is 15.6. The highest BCUT2D eigenvalue weighted by molar-refractivity contribution is 5.95. The molecule has 1 aromatic carbocycles. The Morgan fingerprint density at radius 3 is 2.50 bits per heavy atom. The van der Waals surface area contributed by atoms with E-state index in [1.54, 1.807) is 31.2 Å². The van der Waals surface area contributed by atoms with Gasteiger partial charge in [-0.2, -0.15) is 5.26 Å². The Balaban J connectivity index is 1.86. The summed E-state index contributed by atoms with van der Waals surface area (Å²) in [6, 6.07) is 8.49. The fourth-order valence-corrected chi connectivity index (χ4v) is 1.84. The zero-order chi connectivity index (χ0) is 14.5. The number of nitrogens with zero attached hydrogens (tertiary/aromatic N) is 1. The molecule has 1 atom stereocenters. The number of hydrogen-bond donors (Lipinski definition) is 1. The van der Waals surface area contributed by atoms with Crippen LogP contribution in [0.4, 0.5) is 5.69 Å². The van der Waals surface area contributed by atoms with Crippen LogP contribution in [0, 0.1) is 17.2 Å². The third-order valence-corrected chi connectivity index (χ3v) is 3.38. The molecule has 1 aliphatic rings. The number of hydrogen-bond acceptors (Lipinski definition) is 4. The second-order valence-electron chi connectivity index (χ2n) is 4.89. The van der Waals surface area contributed by atoms with Crippen molar-refractivity contribution in [3.05, 3.63) is 29.8 Å². The minimum Gasteiger partial charge on any atom is -0.452 e. The fraction of sp³-hybridized carbons (Fsp3) is 0.400. The van der Waals surface area contributed by atoms with Crippen LogP contribution < -0.4 is 5.32 Å². The van der Waals surface area contributed by atoms with E-state index in [4.69, 9.17) is 10.00 Å². The first kappa shape index (κ1) is 14.1. The van der Waals surface area contributed by atoms with E-state index >= 15 is 0 Å². The second-order valence-corrected chi connectivity index (χ2v) is 4.89. The molecule has 0 aliphatic heterocycles. The third-order valence-electron chi connectivity index (χ3n) is 3.38. The Bertz CT molecular complexity index is 541. The average molecular weight is 272 g/mol. The molecule has 0 bridgehead atoms. The number of nitriles is 1. The molecule has 1 saturated carbocycles. The van der Waals surface area contributed by atoms with Gasteiger partial charge in [0.25, 0.3) is 5.91 Å². The van der Waals surface area contributed by atoms with Crippen molar-refractivity contribution >= 4 is 17.6 Å². The highest BCUT2D eigenvalue weighted by Crippen LogP contribution is 2.27. The van der Waals surface area contributed by atoms with E-state index in [0.717, 1.165) is 19.3 Å². The molecule has 20 heavy (non-hydrogen) atoms. The fourth-order valence-electron chi connectivity index (χ4n) is 1.84. The Hall–Kier alpha value is -2.35. The molecule has 1 aliphatic carbocycles. The lowest BCUT2D eigenvalue weighted by molar-refractivity contribution is -0.159. The van der Waals surface area contributed by atoms with Crippen molar-refractivity contribution in [2.24, 2.45) is 5.92 Å². The van der Waals surface area contributed by atoms with E-state index in [2.05, 4.69) is 5.32 Å². The summed E-state index contributed by atoms with van der Waals surface area (Å²) in [5, 5.41) is 11.3. The van der Waals surface area contributed by atoms with Crippen molar-refractivity contribution in [3.63, 3.8) is 0 Å². The number of carbonyl (C=O) groups is 2. The maximum Gasteiger partial charge on any atom is 0.309 e. The Kier molecular flexibility index (Phi) is 4.36. The van der Waals surface area contributed by atoms with Gasteiger partial charge in [0.05, 0.1) is 17.6 Å². The van der Waals surface area contributed by atoms with Crippen LogP contribution in [0.1, 0.15) is 31.7 Å². The summed E-state index contributed by atoms with van der Waals surface area (Å²) in [5.41, 5.74) is 1.09. The number of ether oxygens (including phenoxy) is 1. The van der Waals surface area contributed by atoms with Gasteiger partial charge in [-0.1, -0.05) is 6.42 Å². The first-order valence-corrected chi connectivity index (χ1v) is 6.61. The molecule has 0 aromatic heterocycles. The van der Waals surface area contributed by atoms with Gasteiger partial charge in [-0.3, -0.25) is 9.59 Å². The zero-order valence-corrected chi connectivity index (χ0v) is 11.3. The smallest absolute Gasteiger partial charge is 0.309 e. The Morgan fingerprint density at radius 1 is 1.35 bits per heavy atom. The summed E-state index contributed by atoms with van der Waals surface area (Å²) in [4.78, 5) is 23.5. The van der Waals surface area contributed by atoms with E-state index in [1.807, 2.05) is 6.07 Å². The molecule has 1 aromatic rings. The molecule has 104 valence electrons. The van der Waals surface area contributed by atoms with Crippen molar-refractivity contribution in [2.45, 2.75) is 32.3 Å². The van der Waals surface area contributed by atoms with Crippen LogP contribution in [-0.4, -0.2) is 18.0 Å². The molecule has 1 unspecified atom stereocenters. The summed E-state index contributed by atoms with van der Waals surface area (Å²) in [6.07, 6.45) is 1.93. The van der Waals surface area contributed by atoms with Crippen molar-refractivity contribution in [1.82, 2.24) is 0 Å². The van der Waals surface area contributed by atoms with Gasteiger partial charge in [-0.15, -0.1) is 0 Å². The summed E-state index contributed by atoms with van der Waals surface area (Å²) in [5.74, 6) is -0.707. The SMILES string of the molecule is CC(OC(=O)C1CCC1)C(=O)Nc1ccc(C#N)cc1. The molecule has 5 heteroatoms. The minimum absolute atomic E-state index is 0.0415. The van der Waals surface area contributed by atoms with E-state index < -0.39 is 6.10 Å². The predicted molar refractivity (Wildman–Crippen MR) is 72.7 cm³/mol. The number of anilines is 1. The maximum absolute atomic E-state index is 11.9. The highest BCUT2D eigenvalue weighted by Gasteiger charge is 2.29. The number of nitrogens with one attached hydrogen (secondary N) is 1. The monoisotopic (exact) mass is 272 g/mol. The molecule has 0 spiro atoms. The van der Waals surface area contributed by atoms with Crippen LogP contribution in [0.5, 0.6) is 0 Å². The van der Waals surface area contributed by atoms with E-state index in [1.165, 1.54) is 0 Å². The second kappa shape index (κ2) is 6.20. The van der Waals surface area contributed by atoms with Crippen molar-refractivity contribution < 1.29 is 14.3 Å². The van der Waals surface area contributed by atoms with Crippen LogP contribution >= 0.6 is 0 Å². The van der Waals surface area contributed by atoms with Gasteiger partial charge in [0.15, 0.2) is 6.10 Å². The van der Waals surface area contributed by atoms with Gasteiger partial charge in [-0.05, 0) is 44.0 Å². The van der Waals surface area contributed by atoms with Gasteiger partial charge in [0, 0.05) is 5.69 Å². The average Bonchev–Trinajstić information content (AvgIpc) is 2.37. The minimum atomic E-state index is -0.821. The molecule has 0 radical (unpaired) electrons. The molecule has 0 heterocycles. The summed E-state index contributed by atoms with van der Waals surface area (Å²) >= 11 is 0.